The van der Waals surface area contributed by atoms with Crippen molar-refractivity contribution in [3.63, 3.8) is 0 Å². The average Bonchev–Trinajstić information content (AvgIpc) is 2.38. The Kier molecular flexibility index (Phi) is 5.40. The minimum Gasteiger partial charge on any atom is -0.497 e. The third kappa shape index (κ3) is 3.13. The molecule has 1 rings (SSSR count). The minimum atomic E-state index is -0.373. The molecule has 0 saturated carbocycles. The van der Waals surface area contributed by atoms with E-state index >= 15 is 0 Å². The third-order valence-electron chi connectivity index (χ3n) is 2.93. The Morgan fingerprint density at radius 1 is 1.28 bits per heavy atom. The maximum absolute atomic E-state index is 9.26. The highest BCUT2D eigenvalue weighted by Gasteiger charge is 2.24. The van der Waals surface area contributed by atoms with Crippen molar-refractivity contribution in [2.24, 2.45) is 5.73 Å². The predicted molar refractivity (Wildman–Crippen MR) is 71.0 cm³/mol. The molecular formula is C13H22N2O3. The van der Waals surface area contributed by atoms with E-state index in [-0.39, 0.29) is 18.7 Å². The number of ether oxygens (including phenoxy) is 2. The van der Waals surface area contributed by atoms with Gasteiger partial charge in [-0.1, -0.05) is 0 Å². The van der Waals surface area contributed by atoms with Crippen molar-refractivity contribution in [1.29, 1.82) is 0 Å². The number of hydrogen-bond acceptors (Lipinski definition) is 5. The summed E-state index contributed by atoms with van der Waals surface area (Å²) in [6, 6.07) is 5.10. The monoisotopic (exact) mass is 254 g/mol. The lowest BCUT2D eigenvalue weighted by Gasteiger charge is -2.30. The second kappa shape index (κ2) is 6.58. The lowest BCUT2D eigenvalue weighted by Crippen LogP contribution is -2.40. The zero-order valence-corrected chi connectivity index (χ0v) is 11.4. The third-order valence-corrected chi connectivity index (χ3v) is 2.93. The second-order valence-electron chi connectivity index (χ2n) is 4.36. The first-order chi connectivity index (χ1) is 8.54. The number of methoxy groups -OCH3 is 2. The van der Waals surface area contributed by atoms with E-state index < -0.39 is 0 Å². The van der Waals surface area contributed by atoms with Gasteiger partial charge in [0.1, 0.15) is 11.5 Å². The normalized spacial score (nSPS) is 14.4. The molecule has 0 heterocycles. The van der Waals surface area contributed by atoms with Crippen molar-refractivity contribution in [3.8, 4) is 11.5 Å². The Morgan fingerprint density at radius 3 is 2.39 bits per heavy atom. The molecule has 0 aromatic heterocycles. The quantitative estimate of drug-likeness (QED) is 0.779. The molecule has 3 N–H and O–H groups in total. The van der Waals surface area contributed by atoms with Gasteiger partial charge in [0.05, 0.1) is 26.9 Å². The SMILES string of the molecule is COc1ccc(C(C(N)CO)N(C)C)c(OC)c1. The molecule has 5 nitrogen and oxygen atoms in total. The van der Waals surface area contributed by atoms with E-state index in [9.17, 15) is 5.11 Å². The second-order valence-corrected chi connectivity index (χ2v) is 4.36. The molecule has 0 amide bonds. The summed E-state index contributed by atoms with van der Waals surface area (Å²) in [5, 5.41) is 9.26. The number of benzene rings is 1. The molecular weight excluding hydrogens is 232 g/mol. The fraction of sp³-hybridized carbons (Fsp3) is 0.538. The van der Waals surface area contributed by atoms with Gasteiger partial charge >= 0.3 is 0 Å². The number of nitrogens with two attached hydrogens (primary N) is 1. The molecule has 2 unspecified atom stereocenters. The van der Waals surface area contributed by atoms with Crippen LogP contribution < -0.4 is 15.2 Å². The molecule has 2 atom stereocenters. The van der Waals surface area contributed by atoms with E-state index in [0.717, 1.165) is 11.3 Å². The molecule has 0 aliphatic heterocycles. The summed E-state index contributed by atoms with van der Waals surface area (Å²) in [5.41, 5.74) is 6.90. The highest BCUT2D eigenvalue weighted by Crippen LogP contribution is 2.32. The fourth-order valence-corrected chi connectivity index (χ4v) is 2.05. The molecule has 1 aromatic carbocycles. The summed E-state index contributed by atoms with van der Waals surface area (Å²) in [4.78, 5) is 1.96. The van der Waals surface area contributed by atoms with Gasteiger partial charge in [0.25, 0.3) is 0 Å². The van der Waals surface area contributed by atoms with E-state index in [2.05, 4.69) is 0 Å². The van der Waals surface area contributed by atoms with Crippen LogP contribution in [0.2, 0.25) is 0 Å². The molecule has 0 spiro atoms. The van der Waals surface area contributed by atoms with Crippen LogP contribution in [-0.2, 0) is 0 Å². The Labute approximate surface area is 108 Å². The van der Waals surface area contributed by atoms with E-state index in [1.165, 1.54) is 0 Å². The van der Waals surface area contributed by atoms with Crippen molar-refractivity contribution in [2.75, 3.05) is 34.9 Å². The highest BCUT2D eigenvalue weighted by atomic mass is 16.5. The van der Waals surface area contributed by atoms with Gasteiger partial charge in [0.2, 0.25) is 0 Å². The molecule has 0 radical (unpaired) electrons. The molecule has 18 heavy (non-hydrogen) atoms. The van der Waals surface area contributed by atoms with Gasteiger partial charge < -0.3 is 25.2 Å². The Hall–Kier alpha value is -1.30. The van der Waals surface area contributed by atoms with Crippen LogP contribution in [0.15, 0.2) is 18.2 Å². The van der Waals surface area contributed by atoms with Crippen LogP contribution in [0.3, 0.4) is 0 Å². The van der Waals surface area contributed by atoms with Crippen LogP contribution in [0.25, 0.3) is 0 Å². The summed E-state index contributed by atoms with van der Waals surface area (Å²) < 4.78 is 10.5. The van der Waals surface area contributed by atoms with Gasteiger partial charge in [-0.05, 0) is 26.2 Å². The summed E-state index contributed by atoms with van der Waals surface area (Å²) in [6.07, 6.45) is 0. The molecule has 0 fully saturated rings. The first-order valence-corrected chi connectivity index (χ1v) is 5.80. The number of aliphatic hydroxyl groups is 1. The largest absolute Gasteiger partial charge is 0.497 e. The van der Waals surface area contributed by atoms with Crippen LogP contribution in [0, 0.1) is 0 Å². The minimum absolute atomic E-state index is 0.0853. The van der Waals surface area contributed by atoms with Gasteiger partial charge in [-0.2, -0.15) is 0 Å². The van der Waals surface area contributed by atoms with Gasteiger partial charge in [-0.15, -0.1) is 0 Å². The van der Waals surface area contributed by atoms with Crippen LogP contribution in [0.1, 0.15) is 11.6 Å². The Bertz CT molecular complexity index is 382. The lowest BCUT2D eigenvalue weighted by molar-refractivity contribution is 0.178. The van der Waals surface area contributed by atoms with Crippen LogP contribution >= 0.6 is 0 Å². The smallest absolute Gasteiger partial charge is 0.127 e. The van der Waals surface area contributed by atoms with Gasteiger partial charge in [0.15, 0.2) is 0 Å². The van der Waals surface area contributed by atoms with Crippen molar-refractivity contribution in [3.05, 3.63) is 23.8 Å². The van der Waals surface area contributed by atoms with Gasteiger partial charge in [0, 0.05) is 17.7 Å². The first-order valence-electron chi connectivity index (χ1n) is 5.80. The molecule has 102 valence electrons. The number of rotatable bonds is 6. The molecule has 0 bridgehead atoms. The number of aliphatic hydroxyl groups excluding tert-OH is 1. The first kappa shape index (κ1) is 14.8. The summed E-state index contributed by atoms with van der Waals surface area (Å²) in [6.45, 7) is -0.0853. The molecule has 1 aromatic rings. The van der Waals surface area contributed by atoms with Gasteiger partial charge in [-0.25, -0.2) is 0 Å². The number of hydrogen-bond donors (Lipinski definition) is 2. The van der Waals surface area contributed by atoms with Crippen LogP contribution in [0.4, 0.5) is 0 Å². The lowest BCUT2D eigenvalue weighted by atomic mass is 9.98. The fourth-order valence-electron chi connectivity index (χ4n) is 2.05. The Morgan fingerprint density at radius 2 is 1.94 bits per heavy atom. The van der Waals surface area contributed by atoms with E-state index in [4.69, 9.17) is 15.2 Å². The van der Waals surface area contributed by atoms with Crippen LogP contribution in [-0.4, -0.2) is 51.0 Å². The van der Waals surface area contributed by atoms with Crippen molar-refractivity contribution in [1.82, 2.24) is 4.90 Å². The summed E-state index contributed by atoms with van der Waals surface area (Å²) >= 11 is 0. The van der Waals surface area contributed by atoms with E-state index in [1.54, 1.807) is 14.2 Å². The maximum atomic E-state index is 9.26. The highest BCUT2D eigenvalue weighted by molar-refractivity contribution is 5.43. The zero-order chi connectivity index (χ0) is 13.7. The molecule has 5 heteroatoms. The predicted octanol–water partition coefficient (Wildman–Crippen LogP) is 0.626. The standard InChI is InChI=1S/C13H22N2O3/c1-15(2)13(11(14)8-16)10-6-5-9(17-3)7-12(10)18-4/h5-7,11,13,16H,8,14H2,1-4H3. The van der Waals surface area contributed by atoms with Crippen molar-refractivity contribution < 1.29 is 14.6 Å². The zero-order valence-electron chi connectivity index (χ0n) is 11.4. The van der Waals surface area contributed by atoms with Crippen molar-refractivity contribution >= 4 is 0 Å². The van der Waals surface area contributed by atoms with Crippen molar-refractivity contribution in [2.45, 2.75) is 12.1 Å². The Balaban J connectivity index is 3.19. The number of nitrogens with zero attached hydrogens (tertiary/aromatic N) is 1. The maximum Gasteiger partial charge on any atom is 0.127 e. The molecule has 0 saturated heterocycles. The summed E-state index contributed by atoms with van der Waals surface area (Å²) in [5.74, 6) is 1.43. The van der Waals surface area contributed by atoms with Gasteiger partial charge in [-0.3, -0.25) is 0 Å². The van der Waals surface area contributed by atoms with E-state index in [1.807, 2.05) is 37.2 Å². The topological polar surface area (TPSA) is 68.0 Å². The molecule has 0 aliphatic rings. The average molecular weight is 254 g/mol. The van der Waals surface area contributed by atoms with Crippen LogP contribution in [0.5, 0.6) is 11.5 Å². The van der Waals surface area contributed by atoms with E-state index in [0.29, 0.717) is 5.75 Å². The molecule has 0 aliphatic carbocycles. The number of likely N-dealkylation sites (N-methyl/N-ethyl adjacent to an activating group) is 1. The summed E-state index contributed by atoms with van der Waals surface area (Å²) in [7, 11) is 7.06.